The van der Waals surface area contributed by atoms with E-state index >= 15 is 0 Å². The van der Waals surface area contributed by atoms with Gasteiger partial charge in [-0.3, -0.25) is 4.79 Å². The minimum Gasteiger partial charge on any atom is -0.507 e. The topological polar surface area (TPSA) is 40.5 Å². The first-order chi connectivity index (χ1) is 12.2. The molecule has 25 heavy (non-hydrogen) atoms. The maximum atomic E-state index is 11.3. The number of phenolic OH excluding ortho intramolecular Hbond substituents is 1. The molecule has 0 radical (unpaired) electrons. The molecule has 0 aromatic heterocycles. The summed E-state index contributed by atoms with van der Waals surface area (Å²) in [6, 6.07) is 10.6. The van der Waals surface area contributed by atoms with Gasteiger partial charge in [-0.25, -0.2) is 0 Å². The van der Waals surface area contributed by atoms with Crippen LogP contribution in [0.2, 0.25) is 0 Å². The molecule has 1 fully saturated rings. The Morgan fingerprint density at radius 3 is 2.60 bits per heavy atom. The van der Waals surface area contributed by atoms with E-state index in [0.717, 1.165) is 36.2 Å². The Labute approximate surface area is 150 Å². The highest BCUT2D eigenvalue weighted by Crippen LogP contribution is 2.35. The maximum absolute atomic E-state index is 11.3. The molecule has 3 nitrogen and oxygen atoms in total. The van der Waals surface area contributed by atoms with Gasteiger partial charge >= 0.3 is 0 Å². The fraction of sp³-hybridized carbons (Fsp3) is 0.500. The first-order valence-corrected chi connectivity index (χ1v) is 9.62. The largest absolute Gasteiger partial charge is 0.507 e. The molecule has 0 saturated heterocycles. The van der Waals surface area contributed by atoms with Crippen molar-refractivity contribution in [3.63, 3.8) is 0 Å². The van der Waals surface area contributed by atoms with Crippen molar-refractivity contribution in [1.82, 2.24) is 4.90 Å². The zero-order valence-corrected chi connectivity index (χ0v) is 15.4. The molecule has 134 valence electrons. The fourth-order valence-electron chi connectivity index (χ4n) is 4.46. The van der Waals surface area contributed by atoms with Crippen LogP contribution in [-0.4, -0.2) is 35.4 Å². The average molecular weight is 339 g/mol. The molecule has 1 N–H and O–H groups in total. The molecule has 3 heteroatoms. The Bertz CT molecular complexity index is 736. The van der Waals surface area contributed by atoms with E-state index in [2.05, 4.69) is 30.9 Å². The number of aldehydes is 1. The summed E-state index contributed by atoms with van der Waals surface area (Å²) >= 11 is 0. The Morgan fingerprint density at radius 1 is 1.08 bits per heavy atom. The number of phenols is 1. The number of fused-ring (bicyclic) bond motifs is 1. The molecule has 0 bridgehead atoms. The highest BCUT2D eigenvalue weighted by atomic mass is 16.3. The molecule has 2 aromatic carbocycles. The SMILES string of the molecule is CCN(CC)C1CCCC(c2ccc3c(C=O)c(O)ccc3c2)CC1. The molecule has 2 unspecified atom stereocenters. The predicted octanol–water partition coefficient (Wildman–Crippen LogP) is 5.12. The maximum Gasteiger partial charge on any atom is 0.154 e. The Balaban J connectivity index is 1.82. The zero-order valence-electron chi connectivity index (χ0n) is 15.4. The number of benzene rings is 2. The van der Waals surface area contributed by atoms with E-state index < -0.39 is 0 Å². The van der Waals surface area contributed by atoms with Crippen LogP contribution in [0.5, 0.6) is 5.75 Å². The highest BCUT2D eigenvalue weighted by molar-refractivity contribution is 6.00. The van der Waals surface area contributed by atoms with Crippen molar-refractivity contribution >= 4 is 17.1 Å². The molecule has 0 heterocycles. The standard InChI is InChI=1S/C22H29NO2/c1-3-23(4-2)19-7-5-6-16(8-11-19)17-9-12-20-18(14-17)10-13-22(25)21(20)15-24/h9-10,12-16,19,25H,3-8,11H2,1-2H3. The third-order valence-electron chi connectivity index (χ3n) is 5.92. The normalized spacial score (nSPS) is 21.4. The van der Waals surface area contributed by atoms with Crippen LogP contribution in [0.1, 0.15) is 67.8 Å². The second-order valence-electron chi connectivity index (χ2n) is 7.18. The number of rotatable bonds is 5. The van der Waals surface area contributed by atoms with Crippen molar-refractivity contribution in [2.24, 2.45) is 0 Å². The lowest BCUT2D eigenvalue weighted by molar-refractivity contribution is 0.112. The molecule has 1 aliphatic rings. The molecular formula is C22H29NO2. The van der Waals surface area contributed by atoms with Crippen LogP contribution in [-0.2, 0) is 0 Å². The third-order valence-corrected chi connectivity index (χ3v) is 5.92. The number of aromatic hydroxyl groups is 1. The van der Waals surface area contributed by atoms with Gasteiger partial charge < -0.3 is 10.0 Å². The minimum absolute atomic E-state index is 0.0618. The van der Waals surface area contributed by atoms with Crippen molar-refractivity contribution in [3.05, 3.63) is 41.5 Å². The first-order valence-electron chi connectivity index (χ1n) is 9.62. The van der Waals surface area contributed by atoms with Gasteiger partial charge in [0.2, 0.25) is 0 Å². The quantitative estimate of drug-likeness (QED) is 0.607. The molecule has 0 aliphatic heterocycles. The molecule has 0 spiro atoms. The van der Waals surface area contributed by atoms with Gasteiger partial charge in [-0.15, -0.1) is 0 Å². The monoisotopic (exact) mass is 339 g/mol. The number of hydrogen-bond acceptors (Lipinski definition) is 3. The van der Waals surface area contributed by atoms with Gasteiger partial charge in [-0.05, 0) is 67.1 Å². The predicted molar refractivity (Wildman–Crippen MR) is 104 cm³/mol. The van der Waals surface area contributed by atoms with Crippen LogP contribution in [0.4, 0.5) is 0 Å². The molecule has 2 atom stereocenters. The van der Waals surface area contributed by atoms with Crippen LogP contribution < -0.4 is 0 Å². The summed E-state index contributed by atoms with van der Waals surface area (Å²) < 4.78 is 0. The van der Waals surface area contributed by atoms with Gasteiger partial charge in [0.1, 0.15) is 5.75 Å². The van der Waals surface area contributed by atoms with Crippen LogP contribution in [0.3, 0.4) is 0 Å². The van der Waals surface area contributed by atoms with Gasteiger partial charge in [0, 0.05) is 6.04 Å². The molecule has 1 saturated carbocycles. The summed E-state index contributed by atoms with van der Waals surface area (Å²) in [5, 5.41) is 11.7. The van der Waals surface area contributed by atoms with Crippen molar-refractivity contribution in [2.45, 2.75) is 57.9 Å². The lowest BCUT2D eigenvalue weighted by Gasteiger charge is -2.28. The van der Waals surface area contributed by atoms with Crippen LogP contribution in [0.25, 0.3) is 10.8 Å². The number of hydrogen-bond donors (Lipinski definition) is 1. The van der Waals surface area contributed by atoms with Gasteiger partial charge in [0.25, 0.3) is 0 Å². The fourth-order valence-corrected chi connectivity index (χ4v) is 4.46. The van der Waals surface area contributed by atoms with E-state index in [9.17, 15) is 9.90 Å². The number of carbonyl (C=O) groups excluding carboxylic acids is 1. The van der Waals surface area contributed by atoms with E-state index in [1.807, 2.05) is 12.1 Å². The Hall–Kier alpha value is -1.87. The summed E-state index contributed by atoms with van der Waals surface area (Å²) in [6.07, 6.45) is 7.05. The van der Waals surface area contributed by atoms with Crippen molar-refractivity contribution < 1.29 is 9.90 Å². The molecule has 2 aromatic rings. The Morgan fingerprint density at radius 2 is 1.88 bits per heavy atom. The average Bonchev–Trinajstić information content (AvgIpc) is 2.89. The summed E-state index contributed by atoms with van der Waals surface area (Å²) in [4.78, 5) is 13.9. The minimum atomic E-state index is 0.0618. The lowest BCUT2D eigenvalue weighted by Crippen LogP contribution is -2.34. The number of nitrogens with zero attached hydrogens (tertiary/aromatic N) is 1. The summed E-state index contributed by atoms with van der Waals surface area (Å²) in [5.41, 5.74) is 1.77. The summed E-state index contributed by atoms with van der Waals surface area (Å²) in [6.45, 7) is 6.80. The zero-order chi connectivity index (χ0) is 17.8. The first kappa shape index (κ1) is 17.9. The lowest BCUT2D eigenvalue weighted by atomic mass is 9.89. The van der Waals surface area contributed by atoms with Gasteiger partial charge in [0.05, 0.1) is 5.56 Å². The smallest absolute Gasteiger partial charge is 0.154 e. The van der Waals surface area contributed by atoms with E-state index in [0.29, 0.717) is 11.5 Å². The van der Waals surface area contributed by atoms with E-state index in [-0.39, 0.29) is 5.75 Å². The van der Waals surface area contributed by atoms with Crippen molar-refractivity contribution in [1.29, 1.82) is 0 Å². The molecule has 1 aliphatic carbocycles. The van der Waals surface area contributed by atoms with Crippen LogP contribution in [0.15, 0.2) is 30.3 Å². The van der Waals surface area contributed by atoms with Gasteiger partial charge in [-0.2, -0.15) is 0 Å². The number of carbonyl (C=O) groups is 1. The summed E-state index contributed by atoms with van der Waals surface area (Å²) in [5.74, 6) is 0.658. The molecular weight excluding hydrogens is 310 g/mol. The second kappa shape index (κ2) is 8.01. The van der Waals surface area contributed by atoms with E-state index in [4.69, 9.17) is 0 Å². The third kappa shape index (κ3) is 3.72. The highest BCUT2D eigenvalue weighted by Gasteiger charge is 2.23. The van der Waals surface area contributed by atoms with Gasteiger partial charge in [-0.1, -0.05) is 44.5 Å². The van der Waals surface area contributed by atoms with Crippen molar-refractivity contribution in [3.8, 4) is 5.75 Å². The summed E-state index contributed by atoms with van der Waals surface area (Å²) in [7, 11) is 0. The van der Waals surface area contributed by atoms with Gasteiger partial charge in [0.15, 0.2) is 6.29 Å². The van der Waals surface area contributed by atoms with Crippen LogP contribution >= 0.6 is 0 Å². The van der Waals surface area contributed by atoms with E-state index in [1.54, 1.807) is 6.07 Å². The molecule has 0 amide bonds. The van der Waals surface area contributed by atoms with Crippen LogP contribution in [0, 0.1) is 0 Å². The van der Waals surface area contributed by atoms with Crippen molar-refractivity contribution in [2.75, 3.05) is 13.1 Å². The van der Waals surface area contributed by atoms with E-state index in [1.165, 1.54) is 37.7 Å². The Kier molecular flexibility index (Phi) is 5.74. The second-order valence-corrected chi connectivity index (χ2v) is 7.18. The molecule has 3 rings (SSSR count).